The molecule has 0 radical (unpaired) electrons. The summed E-state index contributed by atoms with van der Waals surface area (Å²) in [7, 11) is -4.89. The van der Waals surface area contributed by atoms with Crippen LogP contribution in [0, 0.1) is 17.8 Å². The van der Waals surface area contributed by atoms with Crippen LogP contribution >= 0.6 is 11.6 Å². The van der Waals surface area contributed by atoms with Crippen LogP contribution in [-0.4, -0.2) is 71.9 Å². The number of aliphatic hydroxyl groups is 2. The van der Waals surface area contributed by atoms with Crippen LogP contribution in [0.15, 0.2) is 120 Å². The minimum Gasteiger partial charge on any atom is -0.508 e. The Hall–Kier alpha value is -4.33. The number of anilines is 1. The van der Waals surface area contributed by atoms with E-state index in [1.54, 1.807) is 24.3 Å². The quantitative estimate of drug-likeness (QED) is 0.0726. The normalized spacial score (nSPS) is 19.7. The summed E-state index contributed by atoms with van der Waals surface area (Å²) >= 11 is 6.38. The highest BCUT2D eigenvalue weighted by molar-refractivity contribution is 6.99. The molecule has 0 saturated carbocycles. The molecule has 1 aliphatic heterocycles. The lowest BCUT2D eigenvalue weighted by atomic mass is 9.68. The van der Waals surface area contributed by atoms with Crippen molar-refractivity contribution in [2.75, 3.05) is 18.1 Å². The van der Waals surface area contributed by atoms with Crippen molar-refractivity contribution in [3.05, 3.63) is 130 Å². The summed E-state index contributed by atoms with van der Waals surface area (Å²) in [5, 5.41) is 54.9. The molecule has 6 rings (SSSR count). The highest BCUT2D eigenvalue weighted by Gasteiger charge is 2.56. The predicted molar refractivity (Wildman–Crippen MR) is 224 cm³/mol. The molecule has 0 aromatic heterocycles. The number of fused-ring (bicyclic) bond motifs is 1. The minimum atomic E-state index is -3.09. The van der Waals surface area contributed by atoms with Gasteiger partial charge in [-0.05, 0) is 94.1 Å². The molecule has 292 valence electrons. The molecule has 1 aliphatic carbocycles. The number of carbonyl (C=O) groups is 2. The summed E-state index contributed by atoms with van der Waals surface area (Å²) < 4.78 is 7.35. The second-order valence-electron chi connectivity index (χ2n) is 15.9. The van der Waals surface area contributed by atoms with Crippen LogP contribution in [0.2, 0.25) is 10.1 Å². The van der Waals surface area contributed by atoms with Crippen LogP contribution < -0.4 is 20.7 Å². The van der Waals surface area contributed by atoms with Crippen LogP contribution in [0.25, 0.3) is 6.08 Å². The van der Waals surface area contributed by atoms with Crippen molar-refractivity contribution in [2.45, 2.75) is 58.1 Å². The van der Waals surface area contributed by atoms with Gasteiger partial charge in [-0.15, -0.1) is 0 Å². The summed E-state index contributed by atoms with van der Waals surface area (Å²) in [6.07, 6.45) is 1.64. The molecule has 2 aliphatic rings. The number of halogens is 1. The lowest BCUT2D eigenvalue weighted by Gasteiger charge is -2.44. The Morgan fingerprint density at radius 3 is 2.16 bits per heavy atom. The summed E-state index contributed by atoms with van der Waals surface area (Å²) in [6.45, 7) is 8.00. The molecule has 1 fully saturated rings. The first kappa shape index (κ1) is 41.3. The van der Waals surface area contributed by atoms with E-state index >= 15 is 0 Å². The largest absolute Gasteiger partial charge is 0.508 e. The molecule has 12 heteroatoms. The van der Waals surface area contributed by atoms with Crippen LogP contribution in [0.4, 0.5) is 5.69 Å². The predicted octanol–water partition coefficient (Wildman–Crippen LogP) is 4.96. The van der Waals surface area contributed by atoms with E-state index in [0.717, 1.165) is 26.4 Å². The topological polar surface area (TPSA) is 148 Å². The molecule has 0 unspecified atom stereocenters. The summed E-state index contributed by atoms with van der Waals surface area (Å²) in [5.41, 5.74) is 3.15. The molecule has 0 spiro atoms. The van der Waals surface area contributed by atoms with E-state index in [2.05, 4.69) is 45.0 Å². The Labute approximate surface area is 334 Å². The van der Waals surface area contributed by atoms with Gasteiger partial charge in [0.15, 0.2) is 0 Å². The second kappa shape index (κ2) is 17.0. The van der Waals surface area contributed by atoms with Gasteiger partial charge in [0.05, 0.1) is 41.9 Å². The maximum atomic E-state index is 14.3. The summed E-state index contributed by atoms with van der Waals surface area (Å²) in [5.74, 6) is -3.59. The third-order valence-corrected chi connectivity index (χ3v) is 16.6. The number of aliphatic hydroxyl groups excluding tert-OH is 2. The number of nitrogens with zero attached hydrogens (tertiary/aromatic N) is 1. The van der Waals surface area contributed by atoms with Gasteiger partial charge in [-0.1, -0.05) is 117 Å². The number of hydrogen-bond acceptors (Lipinski definition) is 8. The average molecular weight is 794 g/mol. The van der Waals surface area contributed by atoms with Crippen LogP contribution in [-0.2, 0) is 14.0 Å². The third kappa shape index (κ3) is 8.08. The Morgan fingerprint density at radius 2 is 1.59 bits per heavy atom. The van der Waals surface area contributed by atoms with Gasteiger partial charge in [-0.3, -0.25) is 14.5 Å². The van der Waals surface area contributed by atoms with Gasteiger partial charge in [0.25, 0.3) is 8.32 Å². The molecule has 4 atom stereocenters. The van der Waals surface area contributed by atoms with Crippen molar-refractivity contribution in [3.63, 3.8) is 0 Å². The molecular formula is C44H49BClNO8Si. The number of aromatic hydroxyl groups is 1. The number of phenols is 1. The zero-order valence-electron chi connectivity index (χ0n) is 32.1. The molecule has 4 aromatic carbocycles. The van der Waals surface area contributed by atoms with E-state index in [1.807, 2.05) is 49.4 Å². The molecular weight excluding hydrogens is 745 g/mol. The minimum absolute atomic E-state index is 0.0582. The number of phenolic OH excluding ortho intramolecular Hbond substituents is 1. The maximum absolute atomic E-state index is 14.3. The molecule has 5 N–H and O–H groups in total. The van der Waals surface area contributed by atoms with E-state index in [1.165, 1.54) is 18.2 Å². The lowest BCUT2D eigenvalue weighted by Crippen LogP contribution is -2.66. The van der Waals surface area contributed by atoms with Gasteiger partial charge in [0.1, 0.15) is 5.75 Å². The van der Waals surface area contributed by atoms with Crippen molar-refractivity contribution in [1.82, 2.24) is 0 Å². The van der Waals surface area contributed by atoms with Crippen molar-refractivity contribution in [2.24, 2.45) is 17.8 Å². The number of hydrogen-bond donors (Lipinski definition) is 5. The van der Waals surface area contributed by atoms with Gasteiger partial charge in [0.2, 0.25) is 11.8 Å². The van der Waals surface area contributed by atoms with E-state index < -0.39 is 57.7 Å². The number of imide groups is 1. The van der Waals surface area contributed by atoms with E-state index in [-0.39, 0.29) is 41.4 Å². The Kier molecular flexibility index (Phi) is 12.6. The first-order valence-electron chi connectivity index (χ1n) is 18.9. The van der Waals surface area contributed by atoms with Crippen molar-refractivity contribution >= 4 is 66.5 Å². The molecule has 0 bridgehead atoms. The second-order valence-corrected chi connectivity index (χ2v) is 20.6. The Bertz CT molecular complexity index is 2080. The smallest absolute Gasteiger partial charge is 0.488 e. The zero-order chi connectivity index (χ0) is 40.4. The fourth-order valence-corrected chi connectivity index (χ4v) is 13.4. The lowest BCUT2D eigenvalue weighted by molar-refractivity contribution is -0.123. The number of rotatable bonds is 13. The monoisotopic (exact) mass is 793 g/mol. The summed E-state index contributed by atoms with van der Waals surface area (Å²) in [6, 6.07) is 31.0. The van der Waals surface area contributed by atoms with E-state index in [0.29, 0.717) is 22.6 Å². The molecule has 9 nitrogen and oxygen atoms in total. The number of benzene rings is 4. The van der Waals surface area contributed by atoms with Crippen LogP contribution in [0.1, 0.15) is 52.5 Å². The summed E-state index contributed by atoms with van der Waals surface area (Å²) in [4.78, 5) is 29.7. The first-order valence-corrected chi connectivity index (χ1v) is 21.2. The highest BCUT2D eigenvalue weighted by Crippen LogP contribution is 2.48. The number of carbonyl (C=O) groups excluding carboxylic acids is 2. The fraction of sp³-hybridized carbons (Fsp3) is 0.318. The molecule has 1 heterocycles. The number of allylic oxidation sites excluding steroid dienone is 1. The highest BCUT2D eigenvalue weighted by atomic mass is 35.5. The van der Waals surface area contributed by atoms with Gasteiger partial charge < -0.3 is 29.8 Å². The van der Waals surface area contributed by atoms with Gasteiger partial charge >= 0.3 is 7.12 Å². The molecule has 2 amide bonds. The van der Waals surface area contributed by atoms with E-state index in [4.69, 9.17) is 16.0 Å². The maximum Gasteiger partial charge on any atom is 0.488 e. The van der Waals surface area contributed by atoms with Crippen LogP contribution in [0.5, 0.6) is 5.75 Å². The molecule has 56 heavy (non-hydrogen) atoms. The fourth-order valence-electron chi connectivity index (χ4n) is 8.62. The van der Waals surface area contributed by atoms with Gasteiger partial charge in [-0.2, -0.15) is 0 Å². The Balaban J connectivity index is 1.42. The van der Waals surface area contributed by atoms with Crippen LogP contribution in [0.3, 0.4) is 0 Å². The average Bonchev–Trinajstić information content (AvgIpc) is 3.43. The van der Waals surface area contributed by atoms with Gasteiger partial charge in [0, 0.05) is 5.92 Å². The first-order chi connectivity index (χ1) is 26.7. The molecule has 1 saturated heterocycles. The van der Waals surface area contributed by atoms with Crippen molar-refractivity contribution < 1.29 is 39.4 Å². The number of amides is 2. The third-order valence-electron chi connectivity index (χ3n) is 11.2. The van der Waals surface area contributed by atoms with Crippen molar-refractivity contribution in [3.8, 4) is 5.75 Å². The molecule has 4 aromatic rings. The zero-order valence-corrected chi connectivity index (χ0v) is 33.9. The standard InChI is InChI=1S/C44H49BClNO8Si/c1-28(22-29-19-20-33(49)25-38(29)46)18-21-39(50)40-30(27-55-56(44(2,3)4,34-14-7-5-8-15-34)35-16-9-6-10-17-35)23-36-41(37(40)26-48)43(52)47(42(36)51)32-13-11-12-31(24-32)45(53)54/h5-17,19-20,22,24-25,36-37,39,41,48-50,53-54H,18,21,23,26-27H2,1-4H3/b28-22+/t36-,37+,39-,41-/m1/s1. The van der Waals surface area contributed by atoms with E-state index in [9.17, 15) is 35.0 Å². The SMILES string of the molecule is C/C(=C\c1ccc(O)cc1Cl)CC[C@@H](O)C1=C(CO[Si](c2ccccc2)(c2ccccc2)C(C)(C)C)C[C@H]2C(=O)N(c3cccc(B(O)O)c3)C(=O)[C@H]2[C@H]1CO. The van der Waals surface area contributed by atoms with Gasteiger partial charge in [-0.25, -0.2) is 0 Å². The van der Waals surface area contributed by atoms with Crippen molar-refractivity contribution in [1.29, 1.82) is 0 Å². The Morgan fingerprint density at radius 1 is 0.946 bits per heavy atom.